The van der Waals surface area contributed by atoms with Crippen LogP contribution in [0.15, 0.2) is 42.5 Å². The van der Waals surface area contributed by atoms with Gasteiger partial charge in [-0.1, -0.05) is 47.5 Å². The number of likely N-dealkylation sites (N-methyl/N-ethyl adjacent to an activating group) is 1. The fourth-order valence-corrected chi connectivity index (χ4v) is 3.62. The number of para-hydroxylation sites is 1. The maximum Gasteiger partial charge on any atom is 0.408 e. The first kappa shape index (κ1) is 25.9. The molecule has 2 aromatic rings. The molecule has 2 rings (SSSR count). The summed E-state index contributed by atoms with van der Waals surface area (Å²) in [5.74, 6) is -0.700. The van der Waals surface area contributed by atoms with E-state index in [9.17, 15) is 14.4 Å². The van der Waals surface area contributed by atoms with Gasteiger partial charge in [-0.05, 0) is 65.7 Å². The predicted molar refractivity (Wildman–Crippen MR) is 130 cm³/mol. The number of nitrogens with zero attached hydrogens (tertiary/aromatic N) is 1. The summed E-state index contributed by atoms with van der Waals surface area (Å²) < 4.78 is 5.22. The molecular formula is C26H35N3O4. The molecule has 3 amide bonds. The molecule has 0 aromatic heterocycles. The molecule has 178 valence electrons. The minimum Gasteiger partial charge on any atom is -0.444 e. The number of hydrogen-bond donors (Lipinski definition) is 2. The number of ether oxygens (including phenoxy) is 1. The van der Waals surface area contributed by atoms with Crippen LogP contribution in [0.25, 0.3) is 0 Å². The molecule has 0 fully saturated rings. The number of amides is 3. The van der Waals surface area contributed by atoms with Crippen molar-refractivity contribution in [1.82, 2.24) is 10.2 Å². The van der Waals surface area contributed by atoms with Crippen molar-refractivity contribution >= 4 is 23.6 Å². The first-order valence-electron chi connectivity index (χ1n) is 11.1. The molecule has 1 unspecified atom stereocenters. The fraction of sp³-hybridized carbons (Fsp3) is 0.423. The van der Waals surface area contributed by atoms with Gasteiger partial charge < -0.3 is 20.3 Å². The summed E-state index contributed by atoms with van der Waals surface area (Å²) in [6.07, 6.45) is -0.681. The normalized spacial score (nSPS) is 12.0. The molecule has 0 aliphatic rings. The highest BCUT2D eigenvalue weighted by molar-refractivity contribution is 5.98. The van der Waals surface area contributed by atoms with Crippen LogP contribution in [0.3, 0.4) is 0 Å². The average Bonchev–Trinajstić information content (AvgIpc) is 2.69. The second kappa shape index (κ2) is 11.0. The van der Waals surface area contributed by atoms with Gasteiger partial charge in [0.05, 0.1) is 0 Å². The second-order valence-electron chi connectivity index (χ2n) is 9.16. The van der Waals surface area contributed by atoms with E-state index in [0.717, 1.165) is 16.7 Å². The van der Waals surface area contributed by atoms with E-state index in [0.29, 0.717) is 11.3 Å². The molecule has 2 N–H and O–H groups in total. The summed E-state index contributed by atoms with van der Waals surface area (Å²) in [4.78, 5) is 40.1. The number of rotatable bonds is 7. The summed E-state index contributed by atoms with van der Waals surface area (Å²) in [7, 11) is 0. The summed E-state index contributed by atoms with van der Waals surface area (Å²) in [5, 5.41) is 5.46. The second-order valence-corrected chi connectivity index (χ2v) is 9.16. The lowest BCUT2D eigenvalue weighted by atomic mass is 9.99. The van der Waals surface area contributed by atoms with Crippen molar-refractivity contribution in [3.63, 3.8) is 0 Å². The first-order chi connectivity index (χ1) is 15.4. The number of carbonyl (C=O) groups excluding carboxylic acids is 3. The number of anilines is 1. The molecule has 0 bridgehead atoms. The summed E-state index contributed by atoms with van der Waals surface area (Å²) in [6.45, 7) is 12.9. The third-order valence-corrected chi connectivity index (χ3v) is 4.97. The highest BCUT2D eigenvalue weighted by atomic mass is 16.6. The Balaban J connectivity index is 2.33. The van der Waals surface area contributed by atoms with E-state index in [1.165, 1.54) is 4.90 Å². The third-order valence-electron chi connectivity index (χ3n) is 4.97. The smallest absolute Gasteiger partial charge is 0.408 e. The van der Waals surface area contributed by atoms with Crippen LogP contribution in [-0.2, 0) is 14.3 Å². The van der Waals surface area contributed by atoms with Crippen molar-refractivity contribution in [3.05, 3.63) is 64.7 Å². The molecule has 0 aliphatic heterocycles. The molecule has 1 atom stereocenters. The lowest BCUT2D eigenvalue weighted by Crippen LogP contribution is -2.46. The molecule has 0 saturated heterocycles. The Hall–Kier alpha value is -3.35. The Bertz CT molecular complexity index is 991. The number of hydrogen-bond acceptors (Lipinski definition) is 4. The van der Waals surface area contributed by atoms with Gasteiger partial charge in [-0.25, -0.2) is 4.79 Å². The summed E-state index contributed by atoms with van der Waals surface area (Å²) in [5.41, 5.74) is 3.64. The number of benzene rings is 2. The third kappa shape index (κ3) is 7.63. The van der Waals surface area contributed by atoms with Gasteiger partial charge in [0.25, 0.3) is 5.91 Å². The van der Waals surface area contributed by atoms with Crippen molar-refractivity contribution in [2.24, 2.45) is 0 Å². The van der Waals surface area contributed by atoms with Crippen molar-refractivity contribution in [1.29, 1.82) is 0 Å². The average molecular weight is 454 g/mol. The highest BCUT2D eigenvalue weighted by Gasteiger charge is 2.31. The maximum atomic E-state index is 13.5. The van der Waals surface area contributed by atoms with Gasteiger partial charge in [-0.3, -0.25) is 9.59 Å². The van der Waals surface area contributed by atoms with Crippen LogP contribution in [0.4, 0.5) is 10.5 Å². The van der Waals surface area contributed by atoms with Gasteiger partial charge in [0.2, 0.25) is 5.91 Å². The van der Waals surface area contributed by atoms with E-state index in [-0.39, 0.29) is 24.9 Å². The van der Waals surface area contributed by atoms with Crippen LogP contribution in [0.1, 0.15) is 56.0 Å². The number of alkyl carbamates (subject to hydrolysis) is 1. The van der Waals surface area contributed by atoms with Crippen LogP contribution in [0, 0.1) is 20.8 Å². The number of carbonyl (C=O) groups is 3. The van der Waals surface area contributed by atoms with Gasteiger partial charge in [0.15, 0.2) is 0 Å². The van der Waals surface area contributed by atoms with Gasteiger partial charge in [0, 0.05) is 12.2 Å². The molecule has 33 heavy (non-hydrogen) atoms. The molecule has 0 heterocycles. The molecular weight excluding hydrogens is 418 g/mol. The maximum absolute atomic E-state index is 13.5. The lowest BCUT2D eigenvalue weighted by molar-refractivity contribution is -0.138. The molecule has 7 nitrogen and oxygen atoms in total. The van der Waals surface area contributed by atoms with E-state index in [1.54, 1.807) is 20.8 Å². The Kier molecular flexibility index (Phi) is 8.63. The van der Waals surface area contributed by atoms with Crippen LogP contribution < -0.4 is 10.6 Å². The van der Waals surface area contributed by atoms with Crippen LogP contribution in [-0.4, -0.2) is 41.5 Å². The van der Waals surface area contributed by atoms with E-state index in [2.05, 4.69) is 10.6 Å². The van der Waals surface area contributed by atoms with E-state index in [4.69, 9.17) is 4.74 Å². The van der Waals surface area contributed by atoms with Gasteiger partial charge >= 0.3 is 6.09 Å². The van der Waals surface area contributed by atoms with Gasteiger partial charge in [-0.2, -0.15) is 0 Å². The SMILES string of the molecule is CCN(C(=O)CNC(=O)OC(C)(C)C)C(C(=O)Nc1ccccc1C)c1cc(C)cc(C)c1. The van der Waals surface area contributed by atoms with Crippen molar-refractivity contribution in [2.45, 2.75) is 60.1 Å². The van der Waals surface area contributed by atoms with Crippen molar-refractivity contribution < 1.29 is 19.1 Å². The minimum atomic E-state index is -0.860. The molecule has 2 aromatic carbocycles. The van der Waals surface area contributed by atoms with E-state index in [1.807, 2.05) is 70.2 Å². The largest absolute Gasteiger partial charge is 0.444 e. The van der Waals surface area contributed by atoms with Gasteiger partial charge in [-0.15, -0.1) is 0 Å². The van der Waals surface area contributed by atoms with Crippen molar-refractivity contribution in [2.75, 3.05) is 18.4 Å². The Morgan fingerprint density at radius 3 is 2.15 bits per heavy atom. The predicted octanol–water partition coefficient (Wildman–Crippen LogP) is 4.66. The summed E-state index contributed by atoms with van der Waals surface area (Å²) in [6, 6.07) is 12.5. The van der Waals surface area contributed by atoms with Gasteiger partial charge in [0.1, 0.15) is 18.2 Å². The van der Waals surface area contributed by atoms with Crippen LogP contribution in [0.5, 0.6) is 0 Å². The Morgan fingerprint density at radius 1 is 1.00 bits per heavy atom. The molecule has 0 saturated carbocycles. The minimum absolute atomic E-state index is 0.276. The zero-order chi connectivity index (χ0) is 24.8. The molecule has 0 radical (unpaired) electrons. The Labute approximate surface area is 196 Å². The standard InChI is InChI=1S/C26H35N3O4/c1-8-29(22(30)16-27-25(32)33-26(5,6)7)23(20-14-17(2)13-18(3)15-20)24(31)28-21-12-10-9-11-19(21)4/h9-15,23H,8,16H2,1-7H3,(H,27,32)(H,28,31). The van der Waals surface area contributed by atoms with Crippen molar-refractivity contribution in [3.8, 4) is 0 Å². The molecule has 0 aliphatic carbocycles. The quantitative estimate of drug-likeness (QED) is 0.638. The van der Waals surface area contributed by atoms with Crippen LogP contribution in [0.2, 0.25) is 0 Å². The van der Waals surface area contributed by atoms with E-state index < -0.39 is 17.7 Å². The van der Waals surface area contributed by atoms with E-state index >= 15 is 0 Å². The topological polar surface area (TPSA) is 87.7 Å². The summed E-state index contributed by atoms with van der Waals surface area (Å²) >= 11 is 0. The molecule has 0 spiro atoms. The zero-order valence-corrected chi connectivity index (χ0v) is 20.6. The monoisotopic (exact) mass is 453 g/mol. The lowest BCUT2D eigenvalue weighted by Gasteiger charge is -2.31. The number of aryl methyl sites for hydroxylation is 3. The Morgan fingerprint density at radius 2 is 1.61 bits per heavy atom. The number of nitrogens with one attached hydrogen (secondary N) is 2. The van der Waals surface area contributed by atoms with Crippen LogP contribution >= 0.6 is 0 Å². The highest BCUT2D eigenvalue weighted by Crippen LogP contribution is 2.26. The first-order valence-corrected chi connectivity index (χ1v) is 11.1. The fourth-order valence-electron chi connectivity index (χ4n) is 3.62. The zero-order valence-electron chi connectivity index (χ0n) is 20.6. The molecule has 7 heteroatoms.